The summed E-state index contributed by atoms with van der Waals surface area (Å²) in [5.41, 5.74) is 1.07. The van der Waals surface area contributed by atoms with E-state index in [0.717, 1.165) is 36.3 Å². The molecule has 1 amide bonds. The van der Waals surface area contributed by atoms with Crippen LogP contribution in [0.3, 0.4) is 0 Å². The van der Waals surface area contributed by atoms with E-state index in [4.69, 9.17) is 4.74 Å². The van der Waals surface area contributed by atoms with Crippen LogP contribution in [0.15, 0.2) is 41.6 Å². The van der Waals surface area contributed by atoms with Gasteiger partial charge < -0.3 is 9.64 Å². The normalized spacial score (nSPS) is 17.2. The Morgan fingerprint density at radius 3 is 2.73 bits per heavy atom. The van der Waals surface area contributed by atoms with Crippen molar-refractivity contribution in [3.05, 3.63) is 48.0 Å². The van der Waals surface area contributed by atoms with Crippen molar-refractivity contribution < 1.29 is 13.9 Å². The predicted molar refractivity (Wildman–Crippen MR) is 98.8 cm³/mol. The van der Waals surface area contributed by atoms with Gasteiger partial charge in [-0.25, -0.2) is 14.4 Å². The number of ether oxygens (including phenoxy) is 1. The van der Waals surface area contributed by atoms with Crippen LogP contribution in [0.4, 0.5) is 4.39 Å². The van der Waals surface area contributed by atoms with Gasteiger partial charge in [0.05, 0.1) is 12.3 Å². The highest BCUT2D eigenvalue weighted by Crippen LogP contribution is 2.21. The molecule has 0 spiro atoms. The van der Waals surface area contributed by atoms with Crippen molar-refractivity contribution in [1.82, 2.24) is 14.9 Å². The van der Waals surface area contributed by atoms with Crippen molar-refractivity contribution in [2.75, 3.05) is 18.8 Å². The Morgan fingerprint density at radius 2 is 2.04 bits per heavy atom. The third-order valence-corrected chi connectivity index (χ3v) is 5.27. The van der Waals surface area contributed by atoms with Gasteiger partial charge in [-0.2, -0.15) is 0 Å². The van der Waals surface area contributed by atoms with Gasteiger partial charge >= 0.3 is 6.01 Å². The maximum Gasteiger partial charge on any atom is 0.316 e. The second-order valence-electron chi connectivity index (χ2n) is 6.19. The summed E-state index contributed by atoms with van der Waals surface area (Å²) in [5.74, 6) is 0.126. The lowest BCUT2D eigenvalue weighted by Crippen LogP contribution is -2.45. The second-order valence-corrected chi connectivity index (χ2v) is 7.24. The van der Waals surface area contributed by atoms with Crippen LogP contribution in [-0.2, 0) is 11.2 Å². The van der Waals surface area contributed by atoms with Gasteiger partial charge in [-0.05, 0) is 49.1 Å². The molecule has 0 bridgehead atoms. The van der Waals surface area contributed by atoms with Crippen LogP contribution in [0.25, 0.3) is 0 Å². The smallest absolute Gasteiger partial charge is 0.316 e. The highest BCUT2D eigenvalue weighted by Gasteiger charge is 2.25. The van der Waals surface area contributed by atoms with E-state index in [1.165, 1.54) is 23.9 Å². The second kappa shape index (κ2) is 8.98. The van der Waals surface area contributed by atoms with Gasteiger partial charge in [0.25, 0.3) is 0 Å². The summed E-state index contributed by atoms with van der Waals surface area (Å²) in [6.07, 6.45) is 6.12. The number of aryl methyl sites for hydroxylation is 1. The van der Waals surface area contributed by atoms with Crippen molar-refractivity contribution in [1.29, 1.82) is 0 Å². The summed E-state index contributed by atoms with van der Waals surface area (Å²) in [6.45, 7) is 3.33. The largest absolute Gasteiger partial charge is 0.458 e. The molecule has 2 aromatic rings. The molecule has 0 radical (unpaired) electrons. The number of benzene rings is 1. The van der Waals surface area contributed by atoms with Crippen molar-refractivity contribution in [2.45, 2.75) is 37.2 Å². The summed E-state index contributed by atoms with van der Waals surface area (Å²) in [7, 11) is 0. The Kier molecular flexibility index (Phi) is 6.44. The van der Waals surface area contributed by atoms with E-state index in [1.54, 1.807) is 24.5 Å². The Balaban J connectivity index is 1.50. The molecule has 0 N–H and O–H groups in total. The lowest BCUT2D eigenvalue weighted by Gasteiger charge is -2.32. The van der Waals surface area contributed by atoms with Gasteiger partial charge in [-0.1, -0.05) is 6.92 Å². The molecule has 3 rings (SSSR count). The summed E-state index contributed by atoms with van der Waals surface area (Å²) < 4.78 is 18.8. The third-order valence-electron chi connectivity index (χ3n) is 4.27. The Morgan fingerprint density at radius 1 is 1.31 bits per heavy atom. The van der Waals surface area contributed by atoms with Crippen LogP contribution in [0.2, 0.25) is 0 Å². The van der Waals surface area contributed by atoms with Gasteiger partial charge in [0.15, 0.2) is 0 Å². The van der Waals surface area contributed by atoms with Gasteiger partial charge in [0, 0.05) is 23.8 Å². The number of piperidine rings is 1. The number of carbonyl (C=O) groups excluding carboxylic acids is 1. The lowest BCUT2D eigenvalue weighted by atomic mass is 10.1. The molecule has 26 heavy (non-hydrogen) atoms. The Labute approximate surface area is 157 Å². The molecule has 7 heteroatoms. The van der Waals surface area contributed by atoms with Gasteiger partial charge in [-0.15, -0.1) is 11.8 Å². The van der Waals surface area contributed by atoms with E-state index >= 15 is 0 Å². The van der Waals surface area contributed by atoms with Crippen LogP contribution in [0.5, 0.6) is 6.01 Å². The van der Waals surface area contributed by atoms with E-state index in [-0.39, 0.29) is 17.8 Å². The van der Waals surface area contributed by atoms with E-state index < -0.39 is 0 Å². The number of amides is 1. The summed E-state index contributed by atoms with van der Waals surface area (Å²) in [4.78, 5) is 23.6. The zero-order valence-electron chi connectivity index (χ0n) is 14.7. The number of nitrogens with zero attached hydrogens (tertiary/aromatic N) is 3. The molecule has 5 nitrogen and oxygen atoms in total. The molecular formula is C19H22FN3O2S. The average molecular weight is 375 g/mol. The number of hydrogen-bond donors (Lipinski definition) is 0. The fraction of sp³-hybridized carbons (Fsp3) is 0.421. The topological polar surface area (TPSA) is 55.3 Å². The summed E-state index contributed by atoms with van der Waals surface area (Å²) >= 11 is 1.42. The summed E-state index contributed by atoms with van der Waals surface area (Å²) in [6, 6.07) is 6.55. The maximum absolute atomic E-state index is 12.9. The molecule has 138 valence electrons. The van der Waals surface area contributed by atoms with Crippen LogP contribution >= 0.6 is 11.8 Å². The van der Waals surface area contributed by atoms with E-state index in [9.17, 15) is 9.18 Å². The molecule has 1 aliphatic rings. The lowest BCUT2D eigenvalue weighted by molar-refractivity contribution is -0.131. The standard InChI is InChI=1S/C19H22FN3O2S/c1-2-14-10-21-19(22-11-14)25-16-4-3-9-23(12-16)18(24)13-26-17-7-5-15(20)6-8-17/h5-8,10-11,16H,2-4,9,12-13H2,1H3. The first kappa shape index (κ1) is 18.6. The van der Waals surface area contributed by atoms with Gasteiger partial charge in [-0.3, -0.25) is 4.79 Å². The first-order valence-electron chi connectivity index (χ1n) is 8.77. The molecule has 1 unspecified atom stereocenters. The molecule has 0 aliphatic carbocycles. The molecule has 1 fully saturated rings. The molecule has 1 saturated heterocycles. The Bertz CT molecular complexity index is 725. The number of carbonyl (C=O) groups is 1. The van der Waals surface area contributed by atoms with Crippen LogP contribution in [0, 0.1) is 5.82 Å². The van der Waals surface area contributed by atoms with E-state index in [2.05, 4.69) is 9.97 Å². The van der Waals surface area contributed by atoms with Crippen LogP contribution < -0.4 is 4.74 Å². The third kappa shape index (κ3) is 5.17. The van der Waals surface area contributed by atoms with Gasteiger partial charge in [0.2, 0.25) is 5.91 Å². The first-order valence-corrected chi connectivity index (χ1v) is 9.76. The molecule has 0 saturated carbocycles. The number of thioether (sulfide) groups is 1. The zero-order chi connectivity index (χ0) is 18.4. The predicted octanol–water partition coefficient (Wildman–Crippen LogP) is 3.34. The highest BCUT2D eigenvalue weighted by atomic mass is 32.2. The van der Waals surface area contributed by atoms with Crippen LogP contribution in [0.1, 0.15) is 25.3 Å². The fourth-order valence-electron chi connectivity index (χ4n) is 2.76. The number of halogens is 1. The SMILES string of the molecule is CCc1cnc(OC2CCCN(C(=O)CSc3ccc(F)cc3)C2)nc1. The number of hydrogen-bond acceptors (Lipinski definition) is 5. The van der Waals surface area contributed by atoms with Crippen molar-refractivity contribution >= 4 is 17.7 Å². The van der Waals surface area contributed by atoms with E-state index in [1.807, 2.05) is 11.8 Å². The van der Waals surface area contributed by atoms with Crippen LogP contribution in [-0.4, -0.2) is 45.7 Å². The number of aromatic nitrogens is 2. The maximum atomic E-state index is 12.9. The average Bonchev–Trinajstić information content (AvgIpc) is 2.68. The Hall–Kier alpha value is -2.15. The van der Waals surface area contributed by atoms with Gasteiger partial charge in [0.1, 0.15) is 11.9 Å². The number of rotatable bonds is 6. The minimum absolute atomic E-state index is 0.0647. The van der Waals surface area contributed by atoms with E-state index in [0.29, 0.717) is 18.3 Å². The zero-order valence-corrected chi connectivity index (χ0v) is 15.5. The monoisotopic (exact) mass is 375 g/mol. The molecule has 1 aliphatic heterocycles. The molecule has 2 heterocycles. The quantitative estimate of drug-likeness (QED) is 0.725. The molecule has 1 atom stereocenters. The fourth-order valence-corrected chi connectivity index (χ4v) is 3.56. The number of likely N-dealkylation sites (tertiary alicyclic amines) is 1. The molecule has 1 aromatic carbocycles. The summed E-state index contributed by atoms with van der Waals surface area (Å²) in [5, 5.41) is 0. The first-order chi connectivity index (χ1) is 12.6. The van der Waals surface area contributed by atoms with Crippen molar-refractivity contribution in [2.24, 2.45) is 0 Å². The van der Waals surface area contributed by atoms with Crippen molar-refractivity contribution in [3.63, 3.8) is 0 Å². The molecule has 1 aromatic heterocycles. The molecular weight excluding hydrogens is 353 g/mol. The van der Waals surface area contributed by atoms with Crippen molar-refractivity contribution in [3.8, 4) is 6.01 Å². The minimum Gasteiger partial charge on any atom is -0.458 e. The highest BCUT2D eigenvalue weighted by molar-refractivity contribution is 8.00. The minimum atomic E-state index is -0.272.